The number of anilines is 1. The molecule has 0 saturated heterocycles. The number of hydrogen-bond donors (Lipinski definition) is 3. The SMILES string of the molecule is CCc1cccc(NC(N)=NCc2ccccc2S(=O)(=O)NC(C)(C)C)c1. The van der Waals surface area contributed by atoms with E-state index in [1.165, 1.54) is 5.56 Å². The summed E-state index contributed by atoms with van der Waals surface area (Å²) in [4.78, 5) is 4.52. The summed E-state index contributed by atoms with van der Waals surface area (Å²) in [6.45, 7) is 7.65. The second-order valence-corrected chi connectivity index (χ2v) is 8.99. The molecule has 0 aliphatic carbocycles. The quantitative estimate of drug-likeness (QED) is 0.523. The van der Waals surface area contributed by atoms with Gasteiger partial charge in [0.25, 0.3) is 0 Å². The topological polar surface area (TPSA) is 96.6 Å². The van der Waals surface area contributed by atoms with Crippen molar-refractivity contribution in [2.45, 2.75) is 51.1 Å². The van der Waals surface area contributed by atoms with E-state index in [9.17, 15) is 8.42 Å². The minimum absolute atomic E-state index is 0.160. The summed E-state index contributed by atoms with van der Waals surface area (Å²) >= 11 is 0. The minimum atomic E-state index is -3.64. The monoisotopic (exact) mass is 388 g/mol. The van der Waals surface area contributed by atoms with Gasteiger partial charge >= 0.3 is 0 Å². The van der Waals surface area contributed by atoms with E-state index in [0.717, 1.165) is 12.1 Å². The van der Waals surface area contributed by atoms with Gasteiger partial charge in [-0.3, -0.25) is 0 Å². The van der Waals surface area contributed by atoms with Crippen LogP contribution in [0.2, 0.25) is 0 Å². The fourth-order valence-electron chi connectivity index (χ4n) is 2.58. The number of rotatable bonds is 6. The lowest BCUT2D eigenvalue weighted by atomic mass is 10.1. The van der Waals surface area contributed by atoms with E-state index >= 15 is 0 Å². The largest absolute Gasteiger partial charge is 0.370 e. The first-order valence-corrected chi connectivity index (χ1v) is 10.4. The fourth-order valence-corrected chi connectivity index (χ4v) is 4.23. The van der Waals surface area contributed by atoms with E-state index < -0.39 is 15.6 Å². The number of sulfonamides is 1. The molecule has 2 rings (SSSR count). The first-order chi connectivity index (χ1) is 12.6. The maximum absolute atomic E-state index is 12.7. The van der Waals surface area contributed by atoms with Crippen LogP contribution < -0.4 is 15.8 Å². The number of aryl methyl sites for hydroxylation is 1. The zero-order valence-electron chi connectivity index (χ0n) is 16.3. The maximum atomic E-state index is 12.7. The summed E-state index contributed by atoms with van der Waals surface area (Å²) in [5.74, 6) is 0.235. The van der Waals surface area contributed by atoms with Crippen molar-refractivity contribution in [1.29, 1.82) is 0 Å². The molecule has 2 aromatic rings. The molecule has 0 bridgehead atoms. The Kier molecular flexibility index (Phi) is 6.62. The van der Waals surface area contributed by atoms with Crippen molar-refractivity contribution in [2.75, 3.05) is 5.32 Å². The molecule has 4 N–H and O–H groups in total. The van der Waals surface area contributed by atoms with Crippen molar-refractivity contribution < 1.29 is 8.42 Å². The average Bonchev–Trinajstić information content (AvgIpc) is 2.58. The lowest BCUT2D eigenvalue weighted by Gasteiger charge is -2.21. The third kappa shape index (κ3) is 6.37. The molecule has 6 nitrogen and oxygen atoms in total. The van der Waals surface area contributed by atoms with Crippen LogP contribution >= 0.6 is 0 Å². The Morgan fingerprint density at radius 1 is 1.11 bits per heavy atom. The summed E-state index contributed by atoms with van der Waals surface area (Å²) in [5.41, 5.74) is 8.04. The molecule has 0 amide bonds. The molecule has 0 spiro atoms. The van der Waals surface area contributed by atoms with Gasteiger partial charge in [-0.25, -0.2) is 18.1 Å². The number of nitrogens with one attached hydrogen (secondary N) is 2. The summed E-state index contributed by atoms with van der Waals surface area (Å²) in [6.07, 6.45) is 0.929. The predicted molar refractivity (Wildman–Crippen MR) is 111 cm³/mol. The molecule has 0 atom stereocenters. The van der Waals surface area contributed by atoms with Gasteiger partial charge in [-0.1, -0.05) is 37.3 Å². The van der Waals surface area contributed by atoms with Gasteiger partial charge in [0.05, 0.1) is 11.4 Å². The van der Waals surface area contributed by atoms with Gasteiger partial charge in [-0.2, -0.15) is 0 Å². The van der Waals surface area contributed by atoms with Crippen LogP contribution in [0.3, 0.4) is 0 Å². The van der Waals surface area contributed by atoms with E-state index in [0.29, 0.717) is 5.56 Å². The van der Waals surface area contributed by atoms with Gasteiger partial charge in [0, 0.05) is 11.2 Å². The number of nitrogens with zero attached hydrogens (tertiary/aromatic N) is 1. The van der Waals surface area contributed by atoms with Gasteiger partial charge in [0.15, 0.2) is 5.96 Å². The molecule has 27 heavy (non-hydrogen) atoms. The van der Waals surface area contributed by atoms with Crippen molar-refractivity contribution in [2.24, 2.45) is 10.7 Å². The highest BCUT2D eigenvalue weighted by Gasteiger charge is 2.24. The second kappa shape index (κ2) is 8.54. The zero-order chi connectivity index (χ0) is 20.1. The molecule has 0 aromatic heterocycles. The molecule has 0 unspecified atom stereocenters. The number of guanidine groups is 1. The second-order valence-electron chi connectivity index (χ2n) is 7.34. The number of nitrogens with two attached hydrogens (primary N) is 1. The first kappa shape index (κ1) is 20.9. The maximum Gasteiger partial charge on any atom is 0.241 e. The van der Waals surface area contributed by atoms with Gasteiger partial charge in [0.1, 0.15) is 0 Å². The smallest absolute Gasteiger partial charge is 0.241 e. The molecule has 0 radical (unpaired) electrons. The molecular weight excluding hydrogens is 360 g/mol. The van der Waals surface area contributed by atoms with Crippen LogP contribution in [0.5, 0.6) is 0 Å². The van der Waals surface area contributed by atoms with Crippen LogP contribution in [0, 0.1) is 0 Å². The highest BCUT2D eigenvalue weighted by Crippen LogP contribution is 2.19. The van der Waals surface area contributed by atoms with Crippen LogP contribution in [-0.4, -0.2) is 19.9 Å². The Morgan fingerprint density at radius 3 is 2.48 bits per heavy atom. The molecular formula is C20H28N4O2S. The Bertz CT molecular complexity index is 916. The highest BCUT2D eigenvalue weighted by atomic mass is 32.2. The number of hydrogen-bond acceptors (Lipinski definition) is 3. The highest BCUT2D eigenvalue weighted by molar-refractivity contribution is 7.89. The van der Waals surface area contributed by atoms with E-state index in [1.807, 2.05) is 24.3 Å². The minimum Gasteiger partial charge on any atom is -0.370 e. The van der Waals surface area contributed by atoms with Crippen LogP contribution in [0.15, 0.2) is 58.4 Å². The standard InChI is InChI=1S/C20H28N4O2S/c1-5-15-9-8-11-17(13-15)23-19(21)22-14-16-10-6-7-12-18(16)27(25,26)24-20(2,3)4/h6-13,24H,5,14H2,1-4H3,(H3,21,22,23). The summed E-state index contributed by atoms with van der Waals surface area (Å²) in [5, 5.41) is 3.05. The normalized spacial score (nSPS) is 12.8. The molecule has 7 heteroatoms. The third-order valence-corrected chi connectivity index (χ3v) is 5.59. The molecule has 0 saturated carbocycles. The summed E-state index contributed by atoms with van der Waals surface area (Å²) in [6, 6.07) is 14.7. The van der Waals surface area contributed by atoms with Crippen molar-refractivity contribution >= 4 is 21.7 Å². The Balaban J connectivity index is 2.19. The lowest BCUT2D eigenvalue weighted by molar-refractivity contribution is 0.491. The summed E-state index contributed by atoms with van der Waals surface area (Å²) in [7, 11) is -3.64. The average molecular weight is 389 g/mol. The van der Waals surface area contributed by atoms with E-state index in [1.54, 1.807) is 45.0 Å². The molecule has 2 aromatic carbocycles. The van der Waals surface area contributed by atoms with Crippen molar-refractivity contribution in [3.05, 3.63) is 59.7 Å². The van der Waals surface area contributed by atoms with Crippen LogP contribution in [0.4, 0.5) is 5.69 Å². The number of benzene rings is 2. The van der Waals surface area contributed by atoms with Crippen LogP contribution in [0.25, 0.3) is 0 Å². The van der Waals surface area contributed by atoms with Crippen molar-refractivity contribution in [3.63, 3.8) is 0 Å². The molecule has 146 valence electrons. The van der Waals surface area contributed by atoms with E-state index in [-0.39, 0.29) is 17.4 Å². The van der Waals surface area contributed by atoms with Gasteiger partial charge in [-0.05, 0) is 56.5 Å². The predicted octanol–water partition coefficient (Wildman–Crippen LogP) is 3.25. The van der Waals surface area contributed by atoms with Gasteiger partial charge < -0.3 is 11.1 Å². The fraction of sp³-hybridized carbons (Fsp3) is 0.350. The summed E-state index contributed by atoms with van der Waals surface area (Å²) < 4.78 is 28.0. The van der Waals surface area contributed by atoms with Crippen LogP contribution in [-0.2, 0) is 23.0 Å². The zero-order valence-corrected chi connectivity index (χ0v) is 17.1. The van der Waals surface area contributed by atoms with Crippen LogP contribution in [0.1, 0.15) is 38.8 Å². The first-order valence-electron chi connectivity index (χ1n) is 8.88. The third-order valence-electron chi connectivity index (χ3n) is 3.73. The molecule has 0 heterocycles. The lowest BCUT2D eigenvalue weighted by Crippen LogP contribution is -2.40. The Labute approximate surface area is 162 Å². The van der Waals surface area contributed by atoms with Gasteiger partial charge in [0.2, 0.25) is 10.0 Å². The van der Waals surface area contributed by atoms with Gasteiger partial charge in [-0.15, -0.1) is 0 Å². The van der Waals surface area contributed by atoms with E-state index in [4.69, 9.17) is 5.73 Å². The molecule has 0 aliphatic rings. The Hall–Kier alpha value is -2.38. The molecule has 0 aliphatic heterocycles. The van der Waals surface area contributed by atoms with Crippen molar-refractivity contribution in [1.82, 2.24) is 4.72 Å². The molecule has 0 fully saturated rings. The Morgan fingerprint density at radius 2 is 1.81 bits per heavy atom. The van der Waals surface area contributed by atoms with Crippen molar-refractivity contribution in [3.8, 4) is 0 Å². The number of aliphatic imine (C=N–C) groups is 1. The van der Waals surface area contributed by atoms with E-state index in [2.05, 4.69) is 22.0 Å².